The van der Waals surface area contributed by atoms with Crippen LogP contribution in [-0.4, -0.2) is 28.4 Å². The summed E-state index contributed by atoms with van der Waals surface area (Å²) in [5.41, 5.74) is 0. The highest BCUT2D eigenvalue weighted by Crippen LogP contribution is 2.28. The molecule has 3 nitrogen and oxygen atoms in total. The number of hydrogen-bond acceptors (Lipinski definition) is 4. The number of hydrogen-bond donors (Lipinski definition) is 0. The average molecular weight is 275 g/mol. The topological polar surface area (TPSA) is 35.0 Å². The molecule has 76 valence electrons. The summed E-state index contributed by atoms with van der Waals surface area (Å²) in [5, 5.41) is 1.68. The average Bonchev–Trinajstić information content (AvgIpc) is 2.19. The summed E-state index contributed by atoms with van der Waals surface area (Å²) in [6.07, 6.45) is 3.82. The van der Waals surface area contributed by atoms with Crippen molar-refractivity contribution >= 4 is 27.7 Å². The maximum absolute atomic E-state index is 5.31. The van der Waals surface area contributed by atoms with E-state index in [0.29, 0.717) is 5.25 Å². The van der Waals surface area contributed by atoms with Crippen LogP contribution in [0, 0.1) is 0 Å². The number of rotatable bonds is 2. The van der Waals surface area contributed by atoms with Gasteiger partial charge in [-0.05, 0) is 28.8 Å². The molecule has 0 bridgehead atoms. The second kappa shape index (κ2) is 5.09. The first-order valence-corrected chi connectivity index (χ1v) is 6.24. The molecule has 2 rings (SSSR count). The molecule has 0 aliphatic carbocycles. The lowest BCUT2D eigenvalue weighted by Gasteiger charge is -2.20. The van der Waals surface area contributed by atoms with Gasteiger partial charge in [-0.3, -0.25) is 0 Å². The summed E-state index contributed by atoms with van der Waals surface area (Å²) < 4.78 is 6.15. The Kier molecular flexibility index (Phi) is 3.78. The van der Waals surface area contributed by atoms with Crippen molar-refractivity contribution < 1.29 is 4.74 Å². The molecule has 1 aliphatic heterocycles. The quantitative estimate of drug-likeness (QED) is 0.777. The van der Waals surface area contributed by atoms with E-state index in [-0.39, 0.29) is 0 Å². The lowest BCUT2D eigenvalue weighted by molar-refractivity contribution is 0.1000. The lowest BCUT2D eigenvalue weighted by Crippen LogP contribution is -2.17. The summed E-state index contributed by atoms with van der Waals surface area (Å²) in [5.74, 6) is 0. The standard InChI is InChI=1S/C9H11BrN2OS/c10-8-5-9(12-6-11-8)14-7-1-3-13-4-2-7/h5-7H,1-4H2. The molecule has 0 unspecified atom stereocenters. The normalized spacial score (nSPS) is 18.4. The van der Waals surface area contributed by atoms with Crippen molar-refractivity contribution in [1.29, 1.82) is 0 Å². The van der Waals surface area contributed by atoms with Gasteiger partial charge in [-0.25, -0.2) is 9.97 Å². The maximum atomic E-state index is 5.31. The van der Waals surface area contributed by atoms with Gasteiger partial charge >= 0.3 is 0 Å². The third-order valence-corrected chi connectivity index (χ3v) is 3.77. The number of halogens is 1. The predicted molar refractivity (Wildman–Crippen MR) is 59.4 cm³/mol. The van der Waals surface area contributed by atoms with Gasteiger partial charge in [-0.1, -0.05) is 0 Å². The number of ether oxygens (including phenoxy) is 1. The minimum absolute atomic E-state index is 0.644. The van der Waals surface area contributed by atoms with E-state index in [1.54, 1.807) is 6.33 Å². The zero-order valence-corrected chi connectivity index (χ0v) is 10.1. The van der Waals surface area contributed by atoms with Gasteiger partial charge in [0.15, 0.2) is 0 Å². The molecular weight excluding hydrogens is 264 g/mol. The van der Waals surface area contributed by atoms with Crippen LogP contribution >= 0.6 is 27.7 Å². The fraction of sp³-hybridized carbons (Fsp3) is 0.556. The summed E-state index contributed by atoms with van der Waals surface area (Å²) in [6, 6.07) is 1.96. The molecule has 14 heavy (non-hydrogen) atoms. The summed E-state index contributed by atoms with van der Waals surface area (Å²) in [4.78, 5) is 8.22. The van der Waals surface area contributed by atoms with Crippen molar-refractivity contribution in [3.05, 3.63) is 17.0 Å². The molecule has 1 aromatic rings. The molecule has 0 N–H and O–H groups in total. The Bertz CT molecular complexity index is 305. The van der Waals surface area contributed by atoms with Gasteiger partial charge in [-0.2, -0.15) is 0 Å². The molecule has 1 aliphatic rings. The van der Waals surface area contributed by atoms with E-state index in [9.17, 15) is 0 Å². The van der Waals surface area contributed by atoms with Gasteiger partial charge in [0.2, 0.25) is 0 Å². The number of nitrogens with zero attached hydrogens (tertiary/aromatic N) is 2. The van der Waals surface area contributed by atoms with Crippen LogP contribution in [0.4, 0.5) is 0 Å². The van der Waals surface area contributed by atoms with E-state index in [1.165, 1.54) is 0 Å². The second-order valence-electron chi connectivity index (χ2n) is 3.11. The minimum Gasteiger partial charge on any atom is -0.381 e. The van der Waals surface area contributed by atoms with Crippen LogP contribution in [0.2, 0.25) is 0 Å². The molecule has 0 amide bonds. The van der Waals surface area contributed by atoms with Crippen LogP contribution in [0.3, 0.4) is 0 Å². The van der Waals surface area contributed by atoms with Crippen molar-refractivity contribution in [3.63, 3.8) is 0 Å². The Labute approximate surface area is 95.8 Å². The first-order valence-electron chi connectivity index (χ1n) is 4.56. The predicted octanol–water partition coefficient (Wildman–Crippen LogP) is 2.51. The fourth-order valence-corrected chi connectivity index (χ4v) is 2.86. The van der Waals surface area contributed by atoms with Crippen LogP contribution < -0.4 is 0 Å². The molecule has 1 saturated heterocycles. The molecule has 2 heterocycles. The van der Waals surface area contributed by atoms with Crippen LogP contribution in [0.25, 0.3) is 0 Å². The molecule has 1 fully saturated rings. The van der Waals surface area contributed by atoms with Crippen LogP contribution in [-0.2, 0) is 4.74 Å². The highest BCUT2D eigenvalue weighted by atomic mass is 79.9. The first kappa shape index (κ1) is 10.4. The van der Waals surface area contributed by atoms with Crippen molar-refractivity contribution in [3.8, 4) is 0 Å². The monoisotopic (exact) mass is 274 g/mol. The largest absolute Gasteiger partial charge is 0.381 e. The zero-order chi connectivity index (χ0) is 9.80. The number of thioether (sulfide) groups is 1. The van der Waals surface area contributed by atoms with Gasteiger partial charge in [-0.15, -0.1) is 11.8 Å². The Morgan fingerprint density at radius 2 is 2.14 bits per heavy atom. The SMILES string of the molecule is Brc1cc(SC2CCOCC2)ncn1. The van der Waals surface area contributed by atoms with E-state index in [2.05, 4.69) is 25.9 Å². The highest BCUT2D eigenvalue weighted by molar-refractivity contribution is 9.10. The third-order valence-electron chi connectivity index (χ3n) is 2.06. The minimum atomic E-state index is 0.644. The smallest absolute Gasteiger partial charge is 0.118 e. The van der Waals surface area contributed by atoms with Gasteiger partial charge in [0.25, 0.3) is 0 Å². The van der Waals surface area contributed by atoms with Crippen LogP contribution in [0.15, 0.2) is 22.0 Å². The zero-order valence-electron chi connectivity index (χ0n) is 7.65. The van der Waals surface area contributed by atoms with Gasteiger partial charge in [0.1, 0.15) is 16.0 Å². The van der Waals surface area contributed by atoms with E-state index in [4.69, 9.17) is 4.74 Å². The molecule has 1 aromatic heterocycles. The Morgan fingerprint density at radius 3 is 2.86 bits per heavy atom. The molecule has 0 radical (unpaired) electrons. The van der Waals surface area contributed by atoms with E-state index in [0.717, 1.165) is 35.7 Å². The molecular formula is C9H11BrN2OS. The van der Waals surface area contributed by atoms with Gasteiger partial charge < -0.3 is 4.74 Å². The molecule has 0 atom stereocenters. The third kappa shape index (κ3) is 2.93. The van der Waals surface area contributed by atoms with Crippen molar-refractivity contribution in [2.75, 3.05) is 13.2 Å². The highest BCUT2D eigenvalue weighted by Gasteiger charge is 2.15. The summed E-state index contributed by atoms with van der Waals surface area (Å²) >= 11 is 5.16. The van der Waals surface area contributed by atoms with Crippen LogP contribution in [0.1, 0.15) is 12.8 Å². The van der Waals surface area contributed by atoms with Gasteiger partial charge in [0, 0.05) is 24.5 Å². The van der Waals surface area contributed by atoms with E-state index >= 15 is 0 Å². The Morgan fingerprint density at radius 1 is 1.36 bits per heavy atom. The van der Waals surface area contributed by atoms with E-state index < -0.39 is 0 Å². The summed E-state index contributed by atoms with van der Waals surface area (Å²) in [7, 11) is 0. The van der Waals surface area contributed by atoms with Crippen molar-refractivity contribution in [2.45, 2.75) is 23.1 Å². The Hall–Kier alpha value is -0.130. The van der Waals surface area contributed by atoms with Crippen molar-refractivity contribution in [2.24, 2.45) is 0 Å². The van der Waals surface area contributed by atoms with E-state index in [1.807, 2.05) is 17.8 Å². The molecule has 0 aromatic carbocycles. The second-order valence-corrected chi connectivity index (χ2v) is 5.24. The lowest BCUT2D eigenvalue weighted by atomic mass is 10.2. The Balaban J connectivity index is 1.95. The van der Waals surface area contributed by atoms with Gasteiger partial charge in [0.05, 0.1) is 0 Å². The fourth-order valence-electron chi connectivity index (χ4n) is 1.35. The first-order chi connectivity index (χ1) is 6.84. The molecule has 5 heteroatoms. The van der Waals surface area contributed by atoms with Crippen LogP contribution in [0.5, 0.6) is 0 Å². The maximum Gasteiger partial charge on any atom is 0.118 e. The number of aromatic nitrogens is 2. The molecule has 0 spiro atoms. The summed E-state index contributed by atoms with van der Waals surface area (Å²) in [6.45, 7) is 1.76. The molecule has 0 saturated carbocycles. The van der Waals surface area contributed by atoms with Crippen molar-refractivity contribution in [1.82, 2.24) is 9.97 Å².